The molecule has 1 fully saturated rings. The smallest absolute Gasteiger partial charge is 0.258 e. The summed E-state index contributed by atoms with van der Waals surface area (Å²) in [5.41, 5.74) is 2.16. The lowest BCUT2D eigenvalue weighted by Gasteiger charge is -2.26. The summed E-state index contributed by atoms with van der Waals surface area (Å²) in [6.07, 6.45) is 2.41. The largest absolute Gasteiger partial charge is 0.495 e. The molecule has 0 N–H and O–H groups in total. The number of fused-ring (bicyclic) bond motifs is 5. The minimum atomic E-state index is -0.107. The minimum absolute atomic E-state index is 0.0791. The van der Waals surface area contributed by atoms with Crippen LogP contribution in [0.1, 0.15) is 22.3 Å². The van der Waals surface area contributed by atoms with Crippen LogP contribution in [0.2, 0.25) is 0 Å². The minimum Gasteiger partial charge on any atom is -0.495 e. The Kier molecular flexibility index (Phi) is 4.84. The molecule has 154 valence electrons. The topological polar surface area (TPSA) is 73.7 Å². The van der Waals surface area contributed by atoms with Crippen molar-refractivity contribution in [3.63, 3.8) is 0 Å². The third-order valence-electron chi connectivity index (χ3n) is 5.93. The molecule has 0 spiro atoms. The van der Waals surface area contributed by atoms with Gasteiger partial charge in [-0.25, -0.2) is 0 Å². The second kappa shape index (κ2) is 7.66. The zero-order valence-electron chi connectivity index (χ0n) is 16.9. The van der Waals surface area contributed by atoms with Crippen LogP contribution in [0.4, 0.5) is 0 Å². The molecular weight excluding hydrogens is 382 g/mol. The van der Waals surface area contributed by atoms with Gasteiger partial charge in [-0.15, -0.1) is 0 Å². The van der Waals surface area contributed by atoms with E-state index in [1.165, 1.54) is 0 Å². The first kappa shape index (κ1) is 19.0. The van der Waals surface area contributed by atoms with Crippen molar-refractivity contribution >= 4 is 16.6 Å². The van der Waals surface area contributed by atoms with E-state index in [9.17, 15) is 9.59 Å². The fraction of sp³-hybridized carbons (Fsp3) is 0.348. The number of morpholine rings is 1. The van der Waals surface area contributed by atoms with Gasteiger partial charge in [-0.2, -0.15) is 0 Å². The van der Waals surface area contributed by atoms with Crippen molar-refractivity contribution in [2.24, 2.45) is 0 Å². The van der Waals surface area contributed by atoms with Gasteiger partial charge < -0.3 is 14.0 Å². The number of methoxy groups -OCH3 is 1. The molecule has 1 aliphatic carbocycles. The second-order valence-corrected chi connectivity index (χ2v) is 7.63. The number of hydrogen-bond acceptors (Lipinski definition) is 6. The van der Waals surface area contributed by atoms with Crippen LogP contribution in [0.3, 0.4) is 0 Å². The highest BCUT2D eigenvalue weighted by Gasteiger charge is 2.34. The lowest BCUT2D eigenvalue weighted by Crippen LogP contribution is -2.37. The molecule has 5 rings (SSSR count). The van der Waals surface area contributed by atoms with Crippen molar-refractivity contribution in [1.82, 2.24) is 14.5 Å². The maximum absolute atomic E-state index is 13.4. The SMILES string of the molecule is COc1cnc2c(c1)C(=O)c1c-2n(CCCN2CCOCC2)c(=O)c2ccccc12. The van der Waals surface area contributed by atoms with E-state index in [0.717, 1.165) is 39.3 Å². The molecule has 3 aromatic rings. The monoisotopic (exact) mass is 405 g/mol. The van der Waals surface area contributed by atoms with Gasteiger partial charge in [-0.3, -0.25) is 19.5 Å². The first-order chi connectivity index (χ1) is 14.7. The molecule has 1 aliphatic heterocycles. The van der Waals surface area contributed by atoms with Gasteiger partial charge in [0.15, 0.2) is 5.78 Å². The molecule has 0 atom stereocenters. The van der Waals surface area contributed by atoms with Crippen molar-refractivity contribution in [3.05, 3.63) is 58.0 Å². The number of benzene rings is 1. The van der Waals surface area contributed by atoms with Gasteiger partial charge in [0.2, 0.25) is 0 Å². The van der Waals surface area contributed by atoms with Gasteiger partial charge in [0, 0.05) is 37.0 Å². The summed E-state index contributed by atoms with van der Waals surface area (Å²) in [6.45, 7) is 4.73. The van der Waals surface area contributed by atoms with Crippen LogP contribution < -0.4 is 10.3 Å². The number of carbonyl (C=O) groups excluding carboxylic acids is 1. The van der Waals surface area contributed by atoms with E-state index in [2.05, 4.69) is 9.88 Å². The predicted molar refractivity (Wildman–Crippen MR) is 113 cm³/mol. The number of carbonyl (C=O) groups is 1. The van der Waals surface area contributed by atoms with Crippen LogP contribution >= 0.6 is 0 Å². The molecule has 0 amide bonds. The maximum atomic E-state index is 13.4. The van der Waals surface area contributed by atoms with E-state index in [1.807, 2.05) is 18.2 Å². The number of rotatable bonds is 5. The lowest BCUT2D eigenvalue weighted by molar-refractivity contribution is 0.0369. The number of ketones is 1. The fourth-order valence-corrected chi connectivity index (χ4v) is 4.42. The summed E-state index contributed by atoms with van der Waals surface area (Å²) in [6, 6.07) is 9.04. The van der Waals surface area contributed by atoms with Crippen molar-refractivity contribution in [1.29, 1.82) is 0 Å². The molecule has 1 aromatic carbocycles. The first-order valence-electron chi connectivity index (χ1n) is 10.2. The molecule has 30 heavy (non-hydrogen) atoms. The quantitative estimate of drug-likeness (QED) is 0.507. The number of pyridine rings is 2. The zero-order valence-corrected chi connectivity index (χ0v) is 16.9. The van der Waals surface area contributed by atoms with Crippen LogP contribution in [0.25, 0.3) is 22.2 Å². The molecule has 1 saturated heterocycles. The molecular formula is C23H23N3O4. The Bertz CT molecular complexity index is 1200. The lowest BCUT2D eigenvalue weighted by atomic mass is 10.0. The molecule has 0 unspecified atom stereocenters. The number of ether oxygens (including phenoxy) is 2. The Morgan fingerprint density at radius 1 is 1.10 bits per heavy atom. The average Bonchev–Trinajstić information content (AvgIpc) is 3.08. The third kappa shape index (κ3) is 3.02. The van der Waals surface area contributed by atoms with E-state index in [4.69, 9.17) is 9.47 Å². The molecule has 0 bridgehead atoms. The number of nitrogens with zero attached hydrogens (tertiary/aromatic N) is 3. The van der Waals surface area contributed by atoms with Crippen molar-refractivity contribution in [2.75, 3.05) is 40.0 Å². The van der Waals surface area contributed by atoms with Gasteiger partial charge in [-0.05, 0) is 18.6 Å². The molecule has 3 heterocycles. The molecule has 2 aliphatic rings. The third-order valence-corrected chi connectivity index (χ3v) is 5.93. The van der Waals surface area contributed by atoms with Crippen LogP contribution in [0.5, 0.6) is 5.75 Å². The van der Waals surface area contributed by atoms with Gasteiger partial charge in [0.05, 0.1) is 49.0 Å². The van der Waals surface area contributed by atoms with Gasteiger partial charge in [-0.1, -0.05) is 18.2 Å². The van der Waals surface area contributed by atoms with Crippen molar-refractivity contribution in [2.45, 2.75) is 13.0 Å². The van der Waals surface area contributed by atoms with Gasteiger partial charge >= 0.3 is 0 Å². The second-order valence-electron chi connectivity index (χ2n) is 7.63. The van der Waals surface area contributed by atoms with E-state index in [-0.39, 0.29) is 11.3 Å². The molecule has 0 saturated carbocycles. The van der Waals surface area contributed by atoms with Gasteiger partial charge in [0.25, 0.3) is 5.56 Å². The Morgan fingerprint density at radius 2 is 1.87 bits per heavy atom. The summed E-state index contributed by atoms with van der Waals surface area (Å²) in [4.78, 5) is 33.5. The first-order valence-corrected chi connectivity index (χ1v) is 10.2. The highest BCUT2D eigenvalue weighted by molar-refractivity contribution is 6.26. The Hall–Kier alpha value is -3.03. The Labute approximate surface area is 173 Å². The highest BCUT2D eigenvalue weighted by Crippen LogP contribution is 2.39. The fourth-order valence-electron chi connectivity index (χ4n) is 4.42. The van der Waals surface area contributed by atoms with Crippen LogP contribution in [0.15, 0.2) is 41.3 Å². The van der Waals surface area contributed by atoms with Crippen LogP contribution in [-0.4, -0.2) is 60.2 Å². The summed E-state index contributed by atoms with van der Waals surface area (Å²) in [7, 11) is 1.55. The highest BCUT2D eigenvalue weighted by atomic mass is 16.5. The number of hydrogen-bond donors (Lipinski definition) is 0. The standard InChI is InChI=1S/C23H23N3O4/c1-29-15-13-18-20(24-14-15)21-19(22(18)27)16-5-2-3-6-17(16)23(28)26(21)8-4-7-25-9-11-30-12-10-25/h2-3,5-6,13-14H,4,7-12H2,1H3. The van der Waals surface area contributed by atoms with Gasteiger partial charge in [0.1, 0.15) is 5.75 Å². The number of aromatic nitrogens is 2. The summed E-state index contributed by atoms with van der Waals surface area (Å²) < 4.78 is 12.4. The zero-order chi connectivity index (χ0) is 20.7. The van der Waals surface area contributed by atoms with E-state index < -0.39 is 0 Å². The van der Waals surface area contributed by atoms with E-state index in [0.29, 0.717) is 45.6 Å². The normalized spacial score (nSPS) is 16.0. The Balaban J connectivity index is 1.61. The van der Waals surface area contributed by atoms with E-state index in [1.54, 1.807) is 30.0 Å². The average molecular weight is 405 g/mol. The predicted octanol–water partition coefficient (Wildman–Crippen LogP) is 2.34. The molecule has 0 radical (unpaired) electrons. The van der Waals surface area contributed by atoms with Crippen molar-refractivity contribution < 1.29 is 14.3 Å². The molecule has 7 nitrogen and oxygen atoms in total. The van der Waals surface area contributed by atoms with Crippen LogP contribution in [0, 0.1) is 0 Å². The summed E-state index contributed by atoms with van der Waals surface area (Å²) >= 11 is 0. The summed E-state index contributed by atoms with van der Waals surface area (Å²) in [5, 5.41) is 1.25. The maximum Gasteiger partial charge on any atom is 0.258 e. The van der Waals surface area contributed by atoms with Crippen molar-refractivity contribution in [3.8, 4) is 17.1 Å². The Morgan fingerprint density at radius 3 is 2.63 bits per heavy atom. The summed E-state index contributed by atoms with van der Waals surface area (Å²) in [5.74, 6) is 0.421. The molecule has 2 aromatic heterocycles. The van der Waals surface area contributed by atoms with E-state index >= 15 is 0 Å². The molecule has 7 heteroatoms. The van der Waals surface area contributed by atoms with Crippen LogP contribution in [-0.2, 0) is 11.3 Å².